The second kappa shape index (κ2) is 8.60. The first kappa shape index (κ1) is 16.5. The van der Waals surface area contributed by atoms with Crippen LogP contribution in [-0.2, 0) is 0 Å². The summed E-state index contributed by atoms with van der Waals surface area (Å²) in [6.07, 6.45) is 2.75. The van der Waals surface area contributed by atoms with Crippen molar-refractivity contribution < 1.29 is 0 Å². The Balaban J connectivity index is 2.99. The van der Waals surface area contributed by atoms with Gasteiger partial charge in [0.2, 0.25) is 0 Å². The van der Waals surface area contributed by atoms with Gasteiger partial charge >= 0.3 is 0 Å². The molecule has 0 spiro atoms. The van der Waals surface area contributed by atoms with Gasteiger partial charge in [0.15, 0.2) is 0 Å². The standard InChI is InChI=1S/C17H27N3/c1-5-13-19-16(6-2)15-9-7-8-10-17(15)20(4)14(3)11-12-18/h7-10,14,16,19H,5-6,11,13H2,1-4H3. The number of hydrogen-bond donors (Lipinski definition) is 1. The highest BCUT2D eigenvalue weighted by Crippen LogP contribution is 2.29. The van der Waals surface area contributed by atoms with Gasteiger partial charge in [-0.2, -0.15) is 5.26 Å². The molecule has 0 aliphatic carbocycles. The average Bonchev–Trinajstić information content (AvgIpc) is 2.48. The number of para-hydroxylation sites is 1. The zero-order chi connectivity index (χ0) is 15.0. The van der Waals surface area contributed by atoms with E-state index in [1.807, 2.05) is 0 Å². The van der Waals surface area contributed by atoms with Crippen molar-refractivity contribution in [2.45, 2.75) is 52.1 Å². The third-order valence-electron chi connectivity index (χ3n) is 3.79. The Morgan fingerprint density at radius 2 is 2.00 bits per heavy atom. The lowest BCUT2D eigenvalue weighted by Crippen LogP contribution is -2.31. The van der Waals surface area contributed by atoms with Crippen LogP contribution in [0.25, 0.3) is 0 Å². The molecule has 0 aliphatic heterocycles. The molecule has 0 aromatic heterocycles. The average molecular weight is 273 g/mol. The maximum absolute atomic E-state index is 8.88. The molecule has 1 N–H and O–H groups in total. The number of nitrogens with one attached hydrogen (secondary N) is 1. The van der Waals surface area contributed by atoms with Crippen LogP contribution in [0.5, 0.6) is 0 Å². The predicted molar refractivity (Wildman–Crippen MR) is 85.9 cm³/mol. The summed E-state index contributed by atoms with van der Waals surface area (Å²) in [4.78, 5) is 2.22. The van der Waals surface area contributed by atoms with Gasteiger partial charge in [0.25, 0.3) is 0 Å². The van der Waals surface area contributed by atoms with Crippen molar-refractivity contribution in [3.63, 3.8) is 0 Å². The van der Waals surface area contributed by atoms with Gasteiger partial charge in [0, 0.05) is 24.8 Å². The molecule has 0 aliphatic rings. The van der Waals surface area contributed by atoms with E-state index in [1.165, 1.54) is 11.3 Å². The highest BCUT2D eigenvalue weighted by molar-refractivity contribution is 5.55. The molecule has 0 bridgehead atoms. The van der Waals surface area contributed by atoms with Crippen molar-refractivity contribution in [2.75, 3.05) is 18.5 Å². The quantitative estimate of drug-likeness (QED) is 0.781. The summed E-state index contributed by atoms with van der Waals surface area (Å²) in [5.41, 5.74) is 2.56. The van der Waals surface area contributed by atoms with Crippen LogP contribution in [0.4, 0.5) is 5.69 Å². The molecular formula is C17H27N3. The fraction of sp³-hybridized carbons (Fsp3) is 0.588. The number of benzene rings is 1. The summed E-state index contributed by atoms with van der Waals surface area (Å²) in [5, 5.41) is 12.5. The number of nitriles is 1. The summed E-state index contributed by atoms with van der Waals surface area (Å²) in [5.74, 6) is 0. The first-order chi connectivity index (χ1) is 9.65. The minimum Gasteiger partial charge on any atom is -0.371 e. The Bertz CT molecular complexity index is 436. The van der Waals surface area contributed by atoms with Crippen molar-refractivity contribution in [1.82, 2.24) is 5.32 Å². The van der Waals surface area contributed by atoms with E-state index in [0.717, 1.165) is 19.4 Å². The summed E-state index contributed by atoms with van der Waals surface area (Å²) in [6.45, 7) is 7.53. The molecule has 0 saturated heterocycles. The molecule has 0 saturated carbocycles. The summed E-state index contributed by atoms with van der Waals surface area (Å²) < 4.78 is 0. The van der Waals surface area contributed by atoms with Gasteiger partial charge in [-0.15, -0.1) is 0 Å². The first-order valence-electron chi connectivity index (χ1n) is 7.57. The minimum absolute atomic E-state index is 0.227. The molecule has 0 radical (unpaired) electrons. The van der Waals surface area contributed by atoms with Gasteiger partial charge < -0.3 is 10.2 Å². The van der Waals surface area contributed by atoms with E-state index in [2.05, 4.69) is 68.4 Å². The van der Waals surface area contributed by atoms with Crippen LogP contribution in [0.2, 0.25) is 0 Å². The molecule has 110 valence electrons. The lowest BCUT2D eigenvalue weighted by atomic mass is 10.0. The largest absolute Gasteiger partial charge is 0.371 e. The third kappa shape index (κ3) is 4.25. The van der Waals surface area contributed by atoms with E-state index >= 15 is 0 Å². The van der Waals surface area contributed by atoms with Gasteiger partial charge in [-0.3, -0.25) is 0 Å². The summed E-state index contributed by atoms with van der Waals surface area (Å²) in [7, 11) is 2.08. The van der Waals surface area contributed by atoms with Crippen LogP contribution in [0, 0.1) is 11.3 Å². The van der Waals surface area contributed by atoms with E-state index in [-0.39, 0.29) is 6.04 Å². The van der Waals surface area contributed by atoms with Crippen molar-refractivity contribution in [2.24, 2.45) is 0 Å². The Morgan fingerprint density at radius 3 is 2.60 bits per heavy atom. The SMILES string of the molecule is CCCNC(CC)c1ccccc1N(C)C(C)CC#N. The van der Waals surface area contributed by atoms with Crippen molar-refractivity contribution in [3.05, 3.63) is 29.8 Å². The van der Waals surface area contributed by atoms with E-state index in [4.69, 9.17) is 5.26 Å². The van der Waals surface area contributed by atoms with Gasteiger partial charge in [-0.1, -0.05) is 32.0 Å². The summed E-state index contributed by atoms with van der Waals surface area (Å²) >= 11 is 0. The molecule has 1 aromatic rings. The van der Waals surface area contributed by atoms with Crippen LogP contribution >= 0.6 is 0 Å². The maximum atomic E-state index is 8.88. The van der Waals surface area contributed by atoms with Gasteiger partial charge in [-0.05, 0) is 37.9 Å². The van der Waals surface area contributed by atoms with Crippen LogP contribution in [-0.4, -0.2) is 19.6 Å². The second-order valence-electron chi connectivity index (χ2n) is 5.30. The molecular weight excluding hydrogens is 246 g/mol. The fourth-order valence-corrected chi connectivity index (χ4v) is 2.40. The Kier molecular flexibility index (Phi) is 7.11. The number of anilines is 1. The predicted octanol–water partition coefficient (Wildman–Crippen LogP) is 3.88. The van der Waals surface area contributed by atoms with Crippen molar-refractivity contribution in [3.8, 4) is 6.07 Å². The summed E-state index contributed by atoms with van der Waals surface area (Å²) in [6, 6.07) is 11.4. The zero-order valence-electron chi connectivity index (χ0n) is 13.2. The highest BCUT2D eigenvalue weighted by Gasteiger charge is 2.17. The molecule has 20 heavy (non-hydrogen) atoms. The Morgan fingerprint density at radius 1 is 1.30 bits per heavy atom. The van der Waals surface area contributed by atoms with Crippen LogP contribution in [0.15, 0.2) is 24.3 Å². The molecule has 2 atom stereocenters. The molecule has 2 unspecified atom stereocenters. The smallest absolute Gasteiger partial charge is 0.0643 e. The number of nitrogens with zero attached hydrogens (tertiary/aromatic N) is 2. The molecule has 1 rings (SSSR count). The fourth-order valence-electron chi connectivity index (χ4n) is 2.40. The molecule has 1 aromatic carbocycles. The van der Waals surface area contributed by atoms with Crippen LogP contribution in [0.3, 0.4) is 0 Å². The molecule has 0 fully saturated rings. The Hall–Kier alpha value is -1.53. The number of hydrogen-bond acceptors (Lipinski definition) is 3. The molecule has 3 nitrogen and oxygen atoms in total. The Labute approximate surface area is 123 Å². The molecule has 0 heterocycles. The van der Waals surface area contributed by atoms with E-state index in [9.17, 15) is 0 Å². The second-order valence-corrected chi connectivity index (χ2v) is 5.30. The highest BCUT2D eigenvalue weighted by atomic mass is 15.1. The lowest BCUT2D eigenvalue weighted by Gasteiger charge is -2.30. The van der Waals surface area contributed by atoms with E-state index < -0.39 is 0 Å². The van der Waals surface area contributed by atoms with E-state index in [1.54, 1.807) is 0 Å². The van der Waals surface area contributed by atoms with Crippen molar-refractivity contribution >= 4 is 5.69 Å². The first-order valence-corrected chi connectivity index (χ1v) is 7.57. The molecule has 0 amide bonds. The van der Waals surface area contributed by atoms with Gasteiger partial charge in [0.1, 0.15) is 0 Å². The number of rotatable bonds is 8. The van der Waals surface area contributed by atoms with Crippen LogP contribution in [0.1, 0.15) is 51.6 Å². The van der Waals surface area contributed by atoms with Gasteiger partial charge in [0.05, 0.1) is 12.5 Å². The normalized spacial score (nSPS) is 13.6. The maximum Gasteiger partial charge on any atom is 0.0643 e. The van der Waals surface area contributed by atoms with Crippen LogP contribution < -0.4 is 10.2 Å². The minimum atomic E-state index is 0.227. The topological polar surface area (TPSA) is 39.1 Å². The lowest BCUT2D eigenvalue weighted by molar-refractivity contribution is 0.516. The molecule has 3 heteroatoms. The van der Waals surface area contributed by atoms with Gasteiger partial charge in [-0.25, -0.2) is 0 Å². The third-order valence-corrected chi connectivity index (χ3v) is 3.79. The zero-order valence-corrected chi connectivity index (χ0v) is 13.2. The van der Waals surface area contributed by atoms with Crippen molar-refractivity contribution in [1.29, 1.82) is 5.26 Å². The van der Waals surface area contributed by atoms with E-state index in [0.29, 0.717) is 12.5 Å². The monoisotopic (exact) mass is 273 g/mol.